The number of pyridine rings is 1. The highest BCUT2D eigenvalue weighted by molar-refractivity contribution is 5.93. The van der Waals surface area contributed by atoms with E-state index in [-0.39, 0.29) is 5.91 Å². The molecule has 6 atom stereocenters. The van der Waals surface area contributed by atoms with E-state index in [4.69, 9.17) is 10.7 Å². The Morgan fingerprint density at radius 2 is 1.91 bits per heavy atom. The number of nitrogens with one attached hydrogen (secondary N) is 1. The molecule has 3 aliphatic carbocycles. The van der Waals surface area contributed by atoms with Crippen LogP contribution in [0.2, 0.25) is 0 Å². The fourth-order valence-electron chi connectivity index (χ4n) is 7.49. The molecule has 0 spiro atoms. The lowest BCUT2D eigenvalue weighted by atomic mass is 9.78. The molecule has 0 radical (unpaired) electrons. The third kappa shape index (κ3) is 4.08. The van der Waals surface area contributed by atoms with Gasteiger partial charge < -0.3 is 16.0 Å². The zero-order chi connectivity index (χ0) is 21.7. The molecule has 3 bridgehead atoms. The summed E-state index contributed by atoms with van der Waals surface area (Å²) < 4.78 is 1.97. The van der Waals surface area contributed by atoms with Crippen LogP contribution in [0.4, 0.5) is 0 Å². The van der Waals surface area contributed by atoms with Crippen molar-refractivity contribution in [3.8, 4) is 0 Å². The lowest BCUT2D eigenvalue weighted by Crippen LogP contribution is -2.32. The minimum absolute atomic E-state index is 0.0313. The highest BCUT2D eigenvalue weighted by Crippen LogP contribution is 2.54. The van der Waals surface area contributed by atoms with Crippen LogP contribution >= 0.6 is 0 Å². The van der Waals surface area contributed by atoms with E-state index < -0.39 is 0 Å². The molecule has 32 heavy (non-hydrogen) atoms. The van der Waals surface area contributed by atoms with Crippen LogP contribution in [0.1, 0.15) is 61.1 Å². The van der Waals surface area contributed by atoms with Gasteiger partial charge >= 0.3 is 0 Å². The topological polar surface area (TPSA) is 75.7 Å². The normalized spacial score (nSPS) is 34.3. The summed E-state index contributed by atoms with van der Waals surface area (Å²) in [6.07, 6.45) is 12.5. The number of imidazole rings is 1. The summed E-state index contributed by atoms with van der Waals surface area (Å²) in [6.45, 7) is 3.85. The summed E-state index contributed by atoms with van der Waals surface area (Å²) in [5.41, 5.74) is 8.62. The number of likely N-dealkylation sites (tertiary alicyclic amines) is 1. The van der Waals surface area contributed by atoms with Crippen LogP contribution in [0.3, 0.4) is 0 Å². The summed E-state index contributed by atoms with van der Waals surface area (Å²) in [7, 11) is 0. The minimum Gasteiger partial charge on any atom is -0.350 e. The van der Waals surface area contributed by atoms with Crippen LogP contribution in [0.5, 0.6) is 0 Å². The highest BCUT2D eigenvalue weighted by Gasteiger charge is 2.44. The smallest absolute Gasteiger partial charge is 0.268 e. The first-order valence-corrected chi connectivity index (χ1v) is 12.8. The van der Waals surface area contributed by atoms with Crippen molar-refractivity contribution in [1.29, 1.82) is 0 Å². The van der Waals surface area contributed by atoms with Gasteiger partial charge in [-0.3, -0.25) is 9.20 Å². The zero-order valence-electron chi connectivity index (χ0n) is 19.1. The van der Waals surface area contributed by atoms with E-state index in [1.165, 1.54) is 38.5 Å². The number of hydrogen-bond acceptors (Lipinski definition) is 4. The molecule has 1 aliphatic heterocycles. The molecule has 2 aromatic heterocycles. The molecule has 4 fully saturated rings. The largest absolute Gasteiger partial charge is 0.350 e. The monoisotopic (exact) mass is 435 g/mol. The van der Waals surface area contributed by atoms with Crippen molar-refractivity contribution in [2.45, 2.75) is 57.4 Å². The Kier molecular flexibility index (Phi) is 5.46. The number of fused-ring (bicyclic) bond motifs is 3. The van der Waals surface area contributed by atoms with E-state index in [0.29, 0.717) is 17.7 Å². The van der Waals surface area contributed by atoms with E-state index in [0.717, 1.165) is 74.0 Å². The fourth-order valence-corrected chi connectivity index (χ4v) is 7.49. The molecule has 1 amide bonds. The molecule has 0 aromatic carbocycles. The van der Waals surface area contributed by atoms with E-state index >= 15 is 0 Å². The average molecular weight is 436 g/mol. The van der Waals surface area contributed by atoms with Crippen molar-refractivity contribution in [3.63, 3.8) is 0 Å². The maximum Gasteiger partial charge on any atom is 0.268 e. The lowest BCUT2D eigenvalue weighted by Gasteiger charge is -2.28. The van der Waals surface area contributed by atoms with Gasteiger partial charge in [-0.2, -0.15) is 0 Å². The summed E-state index contributed by atoms with van der Waals surface area (Å²) in [5, 5.41) is 3.29. The lowest BCUT2D eigenvalue weighted by molar-refractivity contribution is 0.0935. The molecule has 4 aliphatic rings. The summed E-state index contributed by atoms with van der Waals surface area (Å²) in [6, 6.07) is 6.17. The zero-order valence-corrected chi connectivity index (χ0v) is 19.1. The van der Waals surface area contributed by atoms with Crippen LogP contribution in [0.25, 0.3) is 5.65 Å². The van der Waals surface area contributed by atoms with Crippen molar-refractivity contribution in [3.05, 3.63) is 35.8 Å². The molecule has 6 heteroatoms. The number of carbonyl (C=O) groups is 1. The molecule has 6 nitrogen and oxygen atoms in total. The van der Waals surface area contributed by atoms with Gasteiger partial charge in [0.15, 0.2) is 0 Å². The first-order valence-electron chi connectivity index (χ1n) is 12.8. The Morgan fingerprint density at radius 1 is 1.09 bits per heavy atom. The molecule has 2 aromatic rings. The summed E-state index contributed by atoms with van der Waals surface area (Å²) >= 11 is 0. The first-order chi connectivity index (χ1) is 15.6. The Morgan fingerprint density at radius 3 is 2.72 bits per heavy atom. The van der Waals surface area contributed by atoms with Crippen molar-refractivity contribution < 1.29 is 4.79 Å². The Hall–Kier alpha value is -1.92. The van der Waals surface area contributed by atoms with Crippen molar-refractivity contribution in [2.75, 3.05) is 26.2 Å². The minimum atomic E-state index is 0.0313. The third-order valence-corrected chi connectivity index (χ3v) is 8.86. The van der Waals surface area contributed by atoms with E-state index in [1.54, 1.807) is 0 Å². The van der Waals surface area contributed by atoms with E-state index in [1.807, 2.05) is 28.8 Å². The van der Waals surface area contributed by atoms with Gasteiger partial charge in [0.25, 0.3) is 5.91 Å². The van der Waals surface area contributed by atoms with Gasteiger partial charge in [0.05, 0.1) is 5.69 Å². The maximum atomic E-state index is 13.1. The molecular weight excluding hydrogens is 398 g/mol. The number of hydrogen-bond donors (Lipinski definition) is 2. The van der Waals surface area contributed by atoms with Crippen LogP contribution in [-0.2, 0) is 6.42 Å². The second-order valence-electron chi connectivity index (χ2n) is 11.2. The molecule has 172 valence electrons. The Labute approximate surface area is 190 Å². The third-order valence-electron chi connectivity index (χ3n) is 8.86. The number of nitrogens with zero attached hydrogens (tertiary/aromatic N) is 3. The average Bonchev–Trinajstić information content (AvgIpc) is 3.44. The second-order valence-corrected chi connectivity index (χ2v) is 11.2. The van der Waals surface area contributed by atoms with E-state index in [2.05, 4.69) is 10.2 Å². The number of amides is 1. The molecule has 3 heterocycles. The van der Waals surface area contributed by atoms with Gasteiger partial charge in [-0.1, -0.05) is 6.07 Å². The van der Waals surface area contributed by atoms with Crippen LogP contribution < -0.4 is 11.1 Å². The maximum absolute atomic E-state index is 13.1. The summed E-state index contributed by atoms with van der Waals surface area (Å²) in [4.78, 5) is 20.3. The van der Waals surface area contributed by atoms with Crippen LogP contribution in [0.15, 0.2) is 24.4 Å². The first kappa shape index (κ1) is 20.7. The Balaban J connectivity index is 1.10. The fraction of sp³-hybridized carbons (Fsp3) is 0.692. The molecule has 1 saturated heterocycles. The number of aromatic nitrogens is 2. The Bertz CT molecular complexity index is 984. The van der Waals surface area contributed by atoms with Gasteiger partial charge in [0.1, 0.15) is 11.3 Å². The highest BCUT2D eigenvalue weighted by atomic mass is 16.1. The van der Waals surface area contributed by atoms with Gasteiger partial charge in [0, 0.05) is 38.3 Å². The van der Waals surface area contributed by atoms with Crippen molar-refractivity contribution in [2.24, 2.45) is 35.3 Å². The van der Waals surface area contributed by atoms with Gasteiger partial charge in [-0.25, -0.2) is 4.98 Å². The predicted molar refractivity (Wildman–Crippen MR) is 125 cm³/mol. The van der Waals surface area contributed by atoms with Crippen LogP contribution in [0, 0.1) is 29.6 Å². The van der Waals surface area contributed by atoms with Gasteiger partial charge in [-0.05, 0) is 93.2 Å². The van der Waals surface area contributed by atoms with Crippen molar-refractivity contribution in [1.82, 2.24) is 19.6 Å². The number of nitrogens with two attached hydrogens (primary N) is 1. The standard InChI is InChI=1S/C26H37N5O/c27-22-4-6-30(15-22)7-5-23-16-31-24(2-1-3-25(31)29-23)26(32)28-14-19-9-17-8-18-11-20(10-17)21(12-18)13-19/h1-3,16-22H,4-15,27H2,(H,28,32)/t17?,18?,19?,20?,21?,22-/m1/s1. The predicted octanol–water partition coefficient (Wildman–Crippen LogP) is 3.10. The SMILES string of the molecule is N[C@@H]1CCN(CCc2cn3c(C(=O)NCC4CC5CC6CC(C4)C(C5)C6)cccc3n2)C1. The summed E-state index contributed by atoms with van der Waals surface area (Å²) in [5.74, 6) is 4.48. The van der Waals surface area contributed by atoms with Gasteiger partial charge in [0.2, 0.25) is 0 Å². The molecule has 6 rings (SSSR count). The second kappa shape index (κ2) is 8.45. The molecule has 5 unspecified atom stereocenters. The number of carbonyl (C=O) groups excluding carboxylic acids is 1. The molecule has 3 saturated carbocycles. The van der Waals surface area contributed by atoms with Gasteiger partial charge in [-0.15, -0.1) is 0 Å². The molecular formula is C26H37N5O. The van der Waals surface area contributed by atoms with Crippen LogP contribution in [-0.4, -0.2) is 52.4 Å². The number of rotatable bonds is 6. The molecule has 3 N–H and O–H groups in total. The van der Waals surface area contributed by atoms with E-state index in [9.17, 15) is 4.79 Å². The van der Waals surface area contributed by atoms with Crippen molar-refractivity contribution >= 4 is 11.6 Å². The quantitative estimate of drug-likeness (QED) is 0.731.